The van der Waals surface area contributed by atoms with E-state index in [1.54, 1.807) is 36.4 Å². The monoisotopic (exact) mass is 444 g/mol. The highest BCUT2D eigenvalue weighted by Gasteiger charge is 2.15. The molecule has 0 radical (unpaired) electrons. The third kappa shape index (κ3) is 4.43. The number of rotatable bonds is 4. The largest absolute Gasteiger partial charge is 0.366 e. The molecule has 0 spiro atoms. The topological polar surface area (TPSA) is 114 Å². The number of para-hydroxylation sites is 1. The normalized spacial score (nSPS) is 10.5. The van der Waals surface area contributed by atoms with Crippen molar-refractivity contribution in [2.75, 3.05) is 0 Å². The second-order valence-electron chi connectivity index (χ2n) is 6.93. The summed E-state index contributed by atoms with van der Waals surface area (Å²) in [5.74, 6) is -1.75. The Morgan fingerprint density at radius 3 is 2.22 bits per heavy atom. The van der Waals surface area contributed by atoms with E-state index in [0.717, 1.165) is 5.56 Å². The molecule has 3 aromatic carbocycles. The summed E-state index contributed by atoms with van der Waals surface area (Å²) in [4.78, 5) is 41.4. The Morgan fingerprint density at radius 2 is 1.47 bits per heavy atom. The molecule has 158 valence electrons. The Balaban J connectivity index is 1.61. The molecule has 0 atom stereocenters. The molecule has 1 aromatic heterocycles. The number of benzene rings is 3. The number of carbonyl (C=O) groups excluding carboxylic acids is 3. The predicted octanol–water partition coefficient (Wildman–Crippen LogP) is 3.73. The molecule has 0 saturated carbocycles. The van der Waals surface area contributed by atoms with Gasteiger partial charge in [0.1, 0.15) is 0 Å². The van der Waals surface area contributed by atoms with Crippen LogP contribution < -0.4 is 16.6 Å². The first-order chi connectivity index (χ1) is 15.4. The molecule has 7 nitrogen and oxygen atoms in total. The van der Waals surface area contributed by atoms with Gasteiger partial charge >= 0.3 is 0 Å². The van der Waals surface area contributed by atoms with Crippen molar-refractivity contribution in [1.29, 1.82) is 0 Å². The molecular formula is C24H17ClN4O3. The number of nitrogens with two attached hydrogens (primary N) is 1. The summed E-state index contributed by atoms with van der Waals surface area (Å²) in [5.41, 5.74) is 12.8. The Kier molecular flexibility index (Phi) is 5.83. The maximum absolute atomic E-state index is 13.0. The number of amides is 3. The molecule has 4 N–H and O–H groups in total. The first kappa shape index (κ1) is 21.0. The summed E-state index contributed by atoms with van der Waals surface area (Å²) >= 11 is 5.97. The van der Waals surface area contributed by atoms with Gasteiger partial charge in [-0.05, 0) is 42.5 Å². The van der Waals surface area contributed by atoms with Gasteiger partial charge in [0.25, 0.3) is 11.8 Å². The molecule has 0 bridgehead atoms. The molecule has 0 aliphatic rings. The van der Waals surface area contributed by atoms with E-state index in [4.69, 9.17) is 17.3 Å². The van der Waals surface area contributed by atoms with Gasteiger partial charge in [-0.2, -0.15) is 0 Å². The average molecular weight is 445 g/mol. The summed E-state index contributed by atoms with van der Waals surface area (Å²) in [6, 6.07) is 21.9. The number of aromatic nitrogens is 1. The van der Waals surface area contributed by atoms with Gasteiger partial charge in [-0.25, -0.2) is 4.98 Å². The summed E-state index contributed by atoms with van der Waals surface area (Å²) < 4.78 is 0. The fourth-order valence-electron chi connectivity index (χ4n) is 3.20. The van der Waals surface area contributed by atoms with Crippen molar-refractivity contribution in [1.82, 2.24) is 15.8 Å². The lowest BCUT2D eigenvalue weighted by Crippen LogP contribution is -2.41. The summed E-state index contributed by atoms with van der Waals surface area (Å²) in [6.07, 6.45) is 0. The second-order valence-corrected chi connectivity index (χ2v) is 7.37. The number of hydrazine groups is 1. The number of nitrogens with zero attached hydrogens (tertiary/aromatic N) is 1. The van der Waals surface area contributed by atoms with E-state index < -0.39 is 17.7 Å². The van der Waals surface area contributed by atoms with Crippen molar-refractivity contribution in [2.24, 2.45) is 5.73 Å². The van der Waals surface area contributed by atoms with Gasteiger partial charge in [0.2, 0.25) is 5.91 Å². The van der Waals surface area contributed by atoms with Crippen molar-refractivity contribution in [2.45, 2.75) is 0 Å². The summed E-state index contributed by atoms with van der Waals surface area (Å²) in [6.45, 7) is 0. The van der Waals surface area contributed by atoms with E-state index in [0.29, 0.717) is 27.2 Å². The molecule has 0 aliphatic carbocycles. The van der Waals surface area contributed by atoms with Crippen molar-refractivity contribution in [3.63, 3.8) is 0 Å². The third-order valence-corrected chi connectivity index (χ3v) is 5.05. The van der Waals surface area contributed by atoms with E-state index in [2.05, 4.69) is 15.8 Å². The van der Waals surface area contributed by atoms with Crippen molar-refractivity contribution in [3.05, 3.63) is 101 Å². The number of nitrogens with one attached hydrogen (secondary N) is 2. The van der Waals surface area contributed by atoms with E-state index in [1.807, 2.05) is 18.2 Å². The molecule has 0 unspecified atom stereocenters. The molecule has 8 heteroatoms. The lowest BCUT2D eigenvalue weighted by molar-refractivity contribution is 0.0847. The van der Waals surface area contributed by atoms with Gasteiger partial charge in [0, 0.05) is 27.1 Å². The van der Waals surface area contributed by atoms with Crippen LogP contribution in [0.5, 0.6) is 0 Å². The van der Waals surface area contributed by atoms with Crippen LogP contribution in [0.1, 0.15) is 31.1 Å². The van der Waals surface area contributed by atoms with Gasteiger partial charge < -0.3 is 5.73 Å². The van der Waals surface area contributed by atoms with Crippen LogP contribution in [-0.4, -0.2) is 22.7 Å². The Labute approximate surface area is 188 Å². The fraction of sp³-hybridized carbons (Fsp3) is 0. The van der Waals surface area contributed by atoms with Crippen LogP contribution in [0.2, 0.25) is 5.02 Å². The van der Waals surface area contributed by atoms with E-state index in [1.165, 1.54) is 24.3 Å². The van der Waals surface area contributed by atoms with E-state index >= 15 is 0 Å². The van der Waals surface area contributed by atoms with Gasteiger partial charge in [0.15, 0.2) is 0 Å². The predicted molar refractivity (Wildman–Crippen MR) is 122 cm³/mol. The van der Waals surface area contributed by atoms with Gasteiger partial charge in [-0.1, -0.05) is 48.0 Å². The van der Waals surface area contributed by atoms with Crippen LogP contribution in [0.3, 0.4) is 0 Å². The Hall–Kier alpha value is -4.23. The minimum Gasteiger partial charge on any atom is -0.366 e. The average Bonchev–Trinajstić information content (AvgIpc) is 2.82. The van der Waals surface area contributed by atoms with Gasteiger partial charge in [-0.15, -0.1) is 0 Å². The molecule has 0 saturated heterocycles. The molecule has 0 fully saturated rings. The van der Waals surface area contributed by atoms with Crippen LogP contribution in [0, 0.1) is 0 Å². The number of carbonyl (C=O) groups is 3. The van der Waals surface area contributed by atoms with Gasteiger partial charge in [0.05, 0.1) is 16.8 Å². The molecule has 0 aliphatic heterocycles. The summed E-state index contributed by atoms with van der Waals surface area (Å²) in [5, 5.41) is 1.23. The van der Waals surface area contributed by atoms with Crippen LogP contribution >= 0.6 is 11.6 Å². The zero-order valence-corrected chi connectivity index (χ0v) is 17.4. The maximum atomic E-state index is 13.0. The second kappa shape index (κ2) is 8.87. The van der Waals surface area contributed by atoms with Crippen molar-refractivity contribution >= 4 is 40.2 Å². The zero-order valence-electron chi connectivity index (χ0n) is 16.6. The highest BCUT2D eigenvalue weighted by Crippen LogP contribution is 2.26. The number of hydrogen-bond donors (Lipinski definition) is 3. The maximum Gasteiger partial charge on any atom is 0.270 e. The Bertz CT molecular complexity index is 1350. The minimum atomic E-state index is -0.651. The number of primary amides is 1. The fourth-order valence-corrected chi connectivity index (χ4v) is 3.32. The lowest BCUT2D eigenvalue weighted by atomic mass is 10.0. The first-order valence-corrected chi connectivity index (χ1v) is 9.96. The standard InChI is InChI=1S/C24H17ClN4O3/c25-17-10-8-14(9-11-17)21-13-19(18-6-1-2-7-20(18)27-21)24(32)29-28-23(31)16-5-3-4-15(12-16)22(26)30/h1-13H,(H2,26,30)(H,28,31)(H,29,32). The Morgan fingerprint density at radius 1 is 0.781 bits per heavy atom. The molecule has 4 rings (SSSR count). The quantitative estimate of drug-likeness (QED) is 0.416. The van der Waals surface area contributed by atoms with Crippen LogP contribution in [-0.2, 0) is 0 Å². The molecule has 32 heavy (non-hydrogen) atoms. The van der Waals surface area contributed by atoms with Gasteiger partial charge in [-0.3, -0.25) is 25.2 Å². The van der Waals surface area contributed by atoms with Crippen LogP contribution in [0.4, 0.5) is 0 Å². The SMILES string of the molecule is NC(=O)c1cccc(C(=O)NNC(=O)c2cc(-c3ccc(Cl)cc3)nc3ccccc23)c1. The van der Waals surface area contributed by atoms with E-state index in [9.17, 15) is 14.4 Å². The zero-order chi connectivity index (χ0) is 22.7. The highest BCUT2D eigenvalue weighted by atomic mass is 35.5. The lowest BCUT2D eigenvalue weighted by Gasteiger charge is -2.12. The molecule has 4 aromatic rings. The van der Waals surface area contributed by atoms with Crippen LogP contribution in [0.25, 0.3) is 22.2 Å². The number of fused-ring (bicyclic) bond motifs is 1. The number of hydrogen-bond acceptors (Lipinski definition) is 4. The third-order valence-electron chi connectivity index (χ3n) is 4.80. The first-order valence-electron chi connectivity index (χ1n) is 9.58. The number of pyridine rings is 1. The van der Waals surface area contributed by atoms with Crippen LogP contribution in [0.15, 0.2) is 78.9 Å². The molecule has 3 amide bonds. The number of halogens is 1. The smallest absolute Gasteiger partial charge is 0.270 e. The highest BCUT2D eigenvalue weighted by molar-refractivity contribution is 6.30. The molecule has 1 heterocycles. The summed E-state index contributed by atoms with van der Waals surface area (Å²) in [7, 11) is 0. The van der Waals surface area contributed by atoms with Crippen molar-refractivity contribution < 1.29 is 14.4 Å². The molecular weight excluding hydrogens is 428 g/mol. The minimum absolute atomic E-state index is 0.183. The van der Waals surface area contributed by atoms with E-state index in [-0.39, 0.29) is 11.1 Å². The van der Waals surface area contributed by atoms with Crippen molar-refractivity contribution in [3.8, 4) is 11.3 Å².